The Morgan fingerprint density at radius 2 is 1.83 bits per heavy atom. The van der Waals surface area contributed by atoms with Crippen molar-refractivity contribution >= 4 is 28.5 Å². The lowest BCUT2D eigenvalue weighted by Gasteiger charge is -2.40. The van der Waals surface area contributed by atoms with Crippen molar-refractivity contribution in [1.82, 2.24) is 19.4 Å². The maximum Gasteiger partial charge on any atom is 0.293 e. The second kappa shape index (κ2) is 15.3. The monoisotopic (exact) mass is 674 g/mol. The molecular weight excluding hydrogens is 628 g/mol. The highest BCUT2D eigenvalue weighted by atomic mass is 32.1. The van der Waals surface area contributed by atoms with E-state index in [2.05, 4.69) is 21.6 Å². The summed E-state index contributed by atoms with van der Waals surface area (Å²) in [7, 11) is 3.50. The van der Waals surface area contributed by atoms with Crippen LogP contribution in [0.2, 0.25) is 0 Å². The number of fused-ring (bicyclic) bond motifs is 1. The van der Waals surface area contributed by atoms with Crippen LogP contribution in [0.25, 0.3) is 11.3 Å². The van der Waals surface area contributed by atoms with Gasteiger partial charge in [0.05, 0.1) is 36.4 Å². The van der Waals surface area contributed by atoms with E-state index in [-0.39, 0.29) is 24.0 Å². The van der Waals surface area contributed by atoms with Crippen LogP contribution in [0.4, 0.5) is 17.2 Å². The van der Waals surface area contributed by atoms with E-state index in [0.29, 0.717) is 44.2 Å². The van der Waals surface area contributed by atoms with Gasteiger partial charge in [-0.25, -0.2) is 4.98 Å². The molecule has 5 N–H and O–H groups in total. The summed E-state index contributed by atoms with van der Waals surface area (Å²) in [5.41, 5.74) is 5.89. The van der Waals surface area contributed by atoms with E-state index in [4.69, 9.17) is 9.72 Å². The molecule has 0 radical (unpaired) electrons. The Hall–Kier alpha value is -3.62. The maximum atomic E-state index is 13.2. The number of rotatable bonds is 12. The number of nitrogens with one attached hydrogen (secondary N) is 2. The van der Waals surface area contributed by atoms with E-state index >= 15 is 0 Å². The molecular formula is C36H46N6O5S. The lowest BCUT2D eigenvalue weighted by atomic mass is 9.99. The molecule has 11 nitrogen and oxygen atoms in total. The van der Waals surface area contributed by atoms with E-state index in [0.717, 1.165) is 40.1 Å². The fraction of sp³-hybridized carbons (Fsp3) is 0.444. The minimum Gasteiger partial charge on any atom is -0.395 e. The number of hydrogen-bond donors (Lipinski definition) is 5. The van der Waals surface area contributed by atoms with Gasteiger partial charge in [0.1, 0.15) is 6.23 Å². The molecule has 0 amide bonds. The molecule has 48 heavy (non-hydrogen) atoms. The average molecular weight is 675 g/mol. The number of likely N-dealkylation sites (N-methyl/N-ethyl adjacent to an activating group) is 1. The molecule has 2 aromatic heterocycles. The Bertz CT molecular complexity index is 1730. The van der Waals surface area contributed by atoms with Gasteiger partial charge in [0, 0.05) is 54.7 Å². The van der Waals surface area contributed by atoms with Crippen LogP contribution in [0, 0.1) is 6.92 Å². The lowest BCUT2D eigenvalue weighted by Crippen LogP contribution is -2.49. The number of thiophene rings is 1. The molecule has 12 heteroatoms. The number of aliphatic hydroxyl groups is 3. The number of morpholine rings is 1. The van der Waals surface area contributed by atoms with E-state index < -0.39 is 12.5 Å². The first kappa shape index (κ1) is 34.3. The summed E-state index contributed by atoms with van der Waals surface area (Å²) in [6, 6.07) is 15.3. The second-order valence-electron chi connectivity index (χ2n) is 12.7. The fourth-order valence-electron chi connectivity index (χ4n) is 6.61. The highest BCUT2D eigenvalue weighted by molar-refractivity contribution is 7.12. The summed E-state index contributed by atoms with van der Waals surface area (Å²) in [6.45, 7) is 4.84. The molecule has 256 valence electrons. The van der Waals surface area contributed by atoms with E-state index in [1.807, 2.05) is 49.4 Å². The summed E-state index contributed by atoms with van der Waals surface area (Å²) in [5, 5.41) is 38.3. The Morgan fingerprint density at radius 3 is 2.56 bits per heavy atom. The third kappa shape index (κ3) is 7.50. The van der Waals surface area contributed by atoms with Crippen LogP contribution in [-0.2, 0) is 24.6 Å². The van der Waals surface area contributed by atoms with Gasteiger partial charge in [0.2, 0.25) is 0 Å². The SMILES string of the molecule is Cc1c(NC(O)c2cc3c(s2)CCCC3)cccc1-c1cn(C)c(=O)c(Nc2ccc(C(C(O)N(C)CCO)N3CCOCC3)cc2)n1. The molecule has 2 aliphatic rings. The average Bonchev–Trinajstić information content (AvgIpc) is 3.54. The summed E-state index contributed by atoms with van der Waals surface area (Å²) >= 11 is 1.69. The number of aromatic nitrogens is 2. The molecule has 2 aromatic carbocycles. The number of benzene rings is 2. The predicted molar refractivity (Wildman–Crippen MR) is 190 cm³/mol. The van der Waals surface area contributed by atoms with E-state index in [1.54, 1.807) is 36.5 Å². The van der Waals surface area contributed by atoms with Crippen molar-refractivity contribution in [1.29, 1.82) is 0 Å². The Labute approximate surface area is 285 Å². The lowest BCUT2D eigenvalue weighted by molar-refractivity contribution is -0.0799. The van der Waals surface area contributed by atoms with Crippen LogP contribution in [0.15, 0.2) is 59.5 Å². The first-order valence-electron chi connectivity index (χ1n) is 16.6. The highest BCUT2D eigenvalue weighted by Gasteiger charge is 2.31. The van der Waals surface area contributed by atoms with Gasteiger partial charge in [0.25, 0.3) is 5.56 Å². The minimum absolute atomic E-state index is 0.0494. The number of ether oxygens (including phenoxy) is 1. The fourth-order valence-corrected chi connectivity index (χ4v) is 7.81. The summed E-state index contributed by atoms with van der Waals surface area (Å²) in [5.74, 6) is 0.192. The number of nitrogens with zero attached hydrogens (tertiary/aromatic N) is 4. The van der Waals surface area contributed by atoms with Gasteiger partial charge in [-0.1, -0.05) is 24.3 Å². The molecule has 6 rings (SSSR count). The molecule has 0 bridgehead atoms. The van der Waals surface area contributed by atoms with Gasteiger partial charge in [-0.05, 0) is 80.6 Å². The van der Waals surface area contributed by atoms with Crippen molar-refractivity contribution in [2.75, 3.05) is 57.1 Å². The molecule has 0 spiro atoms. The predicted octanol–water partition coefficient (Wildman–Crippen LogP) is 4.16. The van der Waals surface area contributed by atoms with Crippen molar-refractivity contribution in [3.05, 3.63) is 91.5 Å². The van der Waals surface area contributed by atoms with Gasteiger partial charge in [0.15, 0.2) is 12.0 Å². The summed E-state index contributed by atoms with van der Waals surface area (Å²) in [4.78, 5) is 24.2. The first-order chi connectivity index (χ1) is 23.2. The highest BCUT2D eigenvalue weighted by Crippen LogP contribution is 2.35. The second-order valence-corrected chi connectivity index (χ2v) is 13.8. The third-order valence-corrected chi connectivity index (χ3v) is 10.7. The normalized spacial score (nSPS) is 17.1. The number of hydrogen-bond acceptors (Lipinski definition) is 11. The van der Waals surface area contributed by atoms with Crippen molar-refractivity contribution < 1.29 is 20.1 Å². The molecule has 3 unspecified atom stereocenters. The Morgan fingerprint density at radius 1 is 1.08 bits per heavy atom. The maximum absolute atomic E-state index is 13.2. The van der Waals surface area contributed by atoms with Gasteiger partial charge < -0.3 is 35.3 Å². The standard InChI is InChI=1S/C36H46N6O5S/c1-23-27(8-6-9-28(23)39-34(44)31-21-25-7-4-5-10-30(25)48-31)29-22-41(3)36(46)33(38-29)37-26-13-11-24(12-14-26)32(35(45)40(2)15-18-43)42-16-19-47-20-17-42/h6,8-9,11-14,21-22,32,34-35,39,43-45H,4-5,7,10,15-20H2,1-3H3,(H,37,38). The molecule has 1 fully saturated rings. The van der Waals surface area contributed by atoms with Crippen molar-refractivity contribution in [2.24, 2.45) is 7.05 Å². The topological polar surface area (TPSA) is 135 Å². The third-order valence-electron chi connectivity index (χ3n) is 9.40. The van der Waals surface area contributed by atoms with Gasteiger partial charge in [-0.3, -0.25) is 14.6 Å². The van der Waals surface area contributed by atoms with Crippen molar-refractivity contribution in [3.63, 3.8) is 0 Å². The smallest absolute Gasteiger partial charge is 0.293 e. The van der Waals surface area contributed by atoms with E-state index in [1.165, 1.54) is 27.8 Å². The van der Waals surface area contributed by atoms with Crippen molar-refractivity contribution in [3.8, 4) is 11.3 Å². The van der Waals surface area contributed by atoms with Crippen LogP contribution in [-0.4, -0.2) is 87.4 Å². The molecule has 3 atom stereocenters. The molecule has 4 aromatic rings. The van der Waals surface area contributed by atoms with Crippen LogP contribution in [0.3, 0.4) is 0 Å². The van der Waals surface area contributed by atoms with Crippen LogP contribution >= 0.6 is 11.3 Å². The molecule has 3 heterocycles. The van der Waals surface area contributed by atoms with Crippen LogP contribution < -0.4 is 16.2 Å². The summed E-state index contributed by atoms with van der Waals surface area (Å²) < 4.78 is 7.06. The Kier molecular flexibility index (Phi) is 10.9. The van der Waals surface area contributed by atoms with Crippen LogP contribution in [0.5, 0.6) is 0 Å². The molecule has 1 aliphatic heterocycles. The molecule has 1 saturated heterocycles. The first-order valence-corrected chi connectivity index (χ1v) is 17.5. The number of aryl methyl sites for hydroxylation is 3. The van der Waals surface area contributed by atoms with Crippen molar-refractivity contribution in [2.45, 2.75) is 51.1 Å². The minimum atomic E-state index is -0.829. The zero-order chi connectivity index (χ0) is 33.8. The van der Waals surface area contributed by atoms with E-state index in [9.17, 15) is 20.1 Å². The van der Waals surface area contributed by atoms with Gasteiger partial charge in [-0.2, -0.15) is 0 Å². The Balaban J connectivity index is 1.22. The largest absolute Gasteiger partial charge is 0.395 e. The van der Waals surface area contributed by atoms with Crippen LogP contribution in [0.1, 0.15) is 51.6 Å². The van der Waals surface area contributed by atoms with Gasteiger partial charge >= 0.3 is 0 Å². The van der Waals surface area contributed by atoms with Gasteiger partial charge in [-0.15, -0.1) is 11.3 Å². The molecule has 1 aliphatic carbocycles. The number of anilines is 3. The molecule has 0 saturated carbocycles. The summed E-state index contributed by atoms with van der Waals surface area (Å²) in [6.07, 6.45) is 4.65. The zero-order valence-electron chi connectivity index (χ0n) is 27.9. The number of aliphatic hydroxyl groups excluding tert-OH is 3. The quantitative estimate of drug-likeness (QED) is 0.140. The zero-order valence-corrected chi connectivity index (χ0v) is 28.7.